The molecule has 0 spiro atoms. The lowest BCUT2D eigenvalue weighted by Crippen LogP contribution is -2.29. The molecule has 2 rings (SSSR count). The van der Waals surface area contributed by atoms with Gasteiger partial charge in [-0.2, -0.15) is 0 Å². The van der Waals surface area contributed by atoms with Crippen LogP contribution in [0.4, 0.5) is 5.69 Å². The monoisotopic (exact) mass is 277 g/mol. The summed E-state index contributed by atoms with van der Waals surface area (Å²) in [5.41, 5.74) is 3.25. The minimum Gasteiger partial charge on any atom is -0.351 e. The Morgan fingerprint density at radius 1 is 1.50 bits per heavy atom. The first-order valence-corrected chi connectivity index (χ1v) is 7.23. The van der Waals surface area contributed by atoms with Gasteiger partial charge in [-0.05, 0) is 12.3 Å². The number of anilines is 1. The summed E-state index contributed by atoms with van der Waals surface area (Å²) in [5, 5.41) is 2.91. The summed E-state index contributed by atoms with van der Waals surface area (Å²) in [6.45, 7) is 4.67. The number of hydrogen-bond donors (Lipinski definition) is 3. The summed E-state index contributed by atoms with van der Waals surface area (Å²) in [5.74, 6) is 6.81. The molecule has 0 aliphatic heterocycles. The molecule has 0 bridgehead atoms. The summed E-state index contributed by atoms with van der Waals surface area (Å²) in [7, 11) is 0. The molecule has 0 saturated heterocycles. The Labute approximate surface area is 119 Å². The number of rotatable bonds is 6. The van der Waals surface area contributed by atoms with E-state index in [0.29, 0.717) is 23.8 Å². The molecule has 110 valence electrons. The first-order valence-electron chi connectivity index (χ1n) is 7.23. The first-order chi connectivity index (χ1) is 9.61. The van der Waals surface area contributed by atoms with Crippen molar-refractivity contribution < 1.29 is 4.79 Å². The maximum absolute atomic E-state index is 12.2. The van der Waals surface area contributed by atoms with E-state index >= 15 is 0 Å². The van der Waals surface area contributed by atoms with Crippen molar-refractivity contribution in [3.05, 3.63) is 17.7 Å². The second-order valence-corrected chi connectivity index (χ2v) is 5.63. The third-order valence-electron chi connectivity index (χ3n) is 3.76. The predicted octanol–water partition coefficient (Wildman–Crippen LogP) is 1.81. The second kappa shape index (κ2) is 6.65. The van der Waals surface area contributed by atoms with Crippen LogP contribution in [0.5, 0.6) is 0 Å². The van der Waals surface area contributed by atoms with Gasteiger partial charge in [0.25, 0.3) is 5.91 Å². The molecule has 0 aromatic carbocycles. The van der Waals surface area contributed by atoms with Gasteiger partial charge in [0.1, 0.15) is 5.82 Å². The molecule has 0 atom stereocenters. The molecule has 1 aromatic rings. The van der Waals surface area contributed by atoms with Crippen LogP contribution in [-0.4, -0.2) is 22.4 Å². The van der Waals surface area contributed by atoms with Crippen molar-refractivity contribution in [1.82, 2.24) is 15.3 Å². The lowest BCUT2D eigenvalue weighted by atomic mass is 9.83. The molecular formula is C14H23N5O. The van der Waals surface area contributed by atoms with Gasteiger partial charge >= 0.3 is 0 Å². The van der Waals surface area contributed by atoms with Crippen LogP contribution in [0, 0.1) is 5.92 Å². The molecule has 1 saturated carbocycles. The maximum atomic E-state index is 12.2. The largest absolute Gasteiger partial charge is 0.351 e. The van der Waals surface area contributed by atoms with Crippen molar-refractivity contribution in [3.63, 3.8) is 0 Å². The van der Waals surface area contributed by atoms with E-state index in [9.17, 15) is 4.79 Å². The highest BCUT2D eigenvalue weighted by molar-refractivity contribution is 5.97. The number of aromatic nitrogens is 2. The van der Waals surface area contributed by atoms with Gasteiger partial charge in [0.05, 0.1) is 11.9 Å². The van der Waals surface area contributed by atoms with E-state index in [-0.39, 0.29) is 11.8 Å². The number of carbonyl (C=O) groups excluding carboxylic acids is 1. The van der Waals surface area contributed by atoms with Crippen molar-refractivity contribution in [2.75, 3.05) is 12.0 Å². The van der Waals surface area contributed by atoms with Gasteiger partial charge in [0.15, 0.2) is 5.69 Å². The summed E-state index contributed by atoms with van der Waals surface area (Å²) in [6.07, 6.45) is 6.50. The van der Waals surface area contributed by atoms with Crippen LogP contribution in [0.2, 0.25) is 0 Å². The summed E-state index contributed by atoms with van der Waals surface area (Å²) < 4.78 is 0. The number of nitrogens with two attached hydrogens (primary N) is 1. The molecular weight excluding hydrogens is 254 g/mol. The Hall–Kier alpha value is -1.69. The second-order valence-electron chi connectivity index (χ2n) is 5.63. The Bertz CT molecular complexity index is 471. The highest BCUT2D eigenvalue weighted by Crippen LogP contribution is 2.28. The van der Waals surface area contributed by atoms with Gasteiger partial charge in [-0.3, -0.25) is 10.6 Å². The van der Waals surface area contributed by atoms with Crippen LogP contribution in [0.3, 0.4) is 0 Å². The van der Waals surface area contributed by atoms with Crippen molar-refractivity contribution in [2.45, 2.75) is 45.4 Å². The normalized spacial score (nSPS) is 15.0. The fourth-order valence-corrected chi connectivity index (χ4v) is 2.21. The van der Waals surface area contributed by atoms with Gasteiger partial charge < -0.3 is 10.7 Å². The van der Waals surface area contributed by atoms with E-state index in [1.54, 1.807) is 6.20 Å². The lowest BCUT2D eigenvalue weighted by Gasteiger charge is -2.25. The number of nitrogens with one attached hydrogen (secondary N) is 2. The maximum Gasteiger partial charge on any atom is 0.272 e. The number of hydrazine groups is 1. The lowest BCUT2D eigenvalue weighted by molar-refractivity contribution is 0.0944. The van der Waals surface area contributed by atoms with E-state index in [4.69, 9.17) is 5.84 Å². The Morgan fingerprint density at radius 2 is 2.25 bits per heavy atom. The number of carbonyl (C=O) groups is 1. The van der Waals surface area contributed by atoms with Crippen molar-refractivity contribution >= 4 is 11.6 Å². The average Bonchev–Trinajstić information content (AvgIpc) is 2.40. The zero-order valence-electron chi connectivity index (χ0n) is 12.1. The minimum absolute atomic E-state index is 0.170. The van der Waals surface area contributed by atoms with Crippen LogP contribution < -0.4 is 16.6 Å². The van der Waals surface area contributed by atoms with E-state index in [1.165, 1.54) is 19.3 Å². The van der Waals surface area contributed by atoms with Crippen LogP contribution in [0.25, 0.3) is 0 Å². The van der Waals surface area contributed by atoms with E-state index in [0.717, 1.165) is 12.3 Å². The molecule has 6 nitrogen and oxygen atoms in total. The number of nitrogens with zero attached hydrogens (tertiary/aromatic N) is 2. The van der Waals surface area contributed by atoms with Crippen LogP contribution in [-0.2, 0) is 0 Å². The Kier molecular flexibility index (Phi) is 4.89. The van der Waals surface area contributed by atoms with Gasteiger partial charge in [-0.25, -0.2) is 9.97 Å². The molecule has 1 aromatic heterocycles. The first kappa shape index (κ1) is 14.7. The zero-order chi connectivity index (χ0) is 14.5. The Morgan fingerprint density at radius 3 is 2.80 bits per heavy atom. The van der Waals surface area contributed by atoms with Crippen molar-refractivity contribution in [3.8, 4) is 0 Å². The molecule has 4 N–H and O–H groups in total. The number of hydrogen-bond acceptors (Lipinski definition) is 5. The van der Waals surface area contributed by atoms with Crippen LogP contribution in [0.1, 0.15) is 61.8 Å². The van der Waals surface area contributed by atoms with Crippen LogP contribution in [0.15, 0.2) is 6.20 Å². The van der Waals surface area contributed by atoms with E-state index in [2.05, 4.69) is 20.7 Å². The summed E-state index contributed by atoms with van der Waals surface area (Å²) in [6, 6.07) is 0. The molecule has 1 aliphatic rings. The van der Waals surface area contributed by atoms with Gasteiger partial charge in [-0.15, -0.1) is 0 Å². The number of nitrogen functional groups attached to an aromatic ring is 1. The molecule has 1 fully saturated rings. The van der Waals surface area contributed by atoms with Gasteiger partial charge in [0, 0.05) is 12.5 Å². The third-order valence-corrected chi connectivity index (χ3v) is 3.76. The minimum atomic E-state index is -0.193. The molecule has 1 aliphatic carbocycles. The number of amides is 1. The van der Waals surface area contributed by atoms with Gasteiger partial charge in [-0.1, -0.05) is 33.1 Å². The average molecular weight is 277 g/mol. The SMILES string of the molecule is CC(C)c1ncc(NN)c(C(=O)NCCC2CCC2)n1. The Balaban J connectivity index is 2.00. The van der Waals surface area contributed by atoms with E-state index in [1.807, 2.05) is 13.8 Å². The molecule has 0 radical (unpaired) electrons. The smallest absolute Gasteiger partial charge is 0.272 e. The molecule has 20 heavy (non-hydrogen) atoms. The van der Waals surface area contributed by atoms with Crippen molar-refractivity contribution in [1.29, 1.82) is 0 Å². The summed E-state index contributed by atoms with van der Waals surface area (Å²) >= 11 is 0. The topological polar surface area (TPSA) is 92.9 Å². The van der Waals surface area contributed by atoms with Crippen LogP contribution >= 0.6 is 0 Å². The molecule has 0 unspecified atom stereocenters. The predicted molar refractivity (Wildman–Crippen MR) is 78.2 cm³/mol. The molecule has 1 amide bonds. The quantitative estimate of drug-likeness (QED) is 0.544. The fourth-order valence-electron chi connectivity index (χ4n) is 2.21. The highest BCUT2D eigenvalue weighted by Gasteiger charge is 2.19. The van der Waals surface area contributed by atoms with E-state index < -0.39 is 0 Å². The van der Waals surface area contributed by atoms with Gasteiger partial charge in [0.2, 0.25) is 0 Å². The highest BCUT2D eigenvalue weighted by atomic mass is 16.1. The third kappa shape index (κ3) is 3.45. The summed E-state index contributed by atoms with van der Waals surface area (Å²) in [4.78, 5) is 20.7. The molecule has 6 heteroatoms. The fraction of sp³-hybridized carbons (Fsp3) is 0.643. The molecule has 1 heterocycles. The van der Waals surface area contributed by atoms with Crippen molar-refractivity contribution in [2.24, 2.45) is 11.8 Å². The zero-order valence-corrected chi connectivity index (χ0v) is 12.1. The standard InChI is InChI=1S/C14H23N5O/c1-9(2)13-17-8-11(19-15)12(18-13)14(20)16-7-6-10-4-3-5-10/h8-10,19H,3-7,15H2,1-2H3,(H,16,20).